The fourth-order valence-electron chi connectivity index (χ4n) is 2.98. The zero-order valence-electron chi connectivity index (χ0n) is 15.7. The second-order valence-electron chi connectivity index (χ2n) is 6.40. The molecule has 1 heterocycles. The van der Waals surface area contributed by atoms with E-state index < -0.39 is 21.9 Å². The fraction of sp³-hybridized carbons (Fsp3) is 0.200. The number of sulfonamides is 1. The van der Waals surface area contributed by atoms with Gasteiger partial charge in [-0.05, 0) is 36.8 Å². The summed E-state index contributed by atoms with van der Waals surface area (Å²) in [5, 5.41) is 9.93. The SMILES string of the molecule is CCCCN(c1sc2ccccc2c1C(N)=O)S(=O)(=O)c1ccc(C(=O)O)cc1. The van der Waals surface area contributed by atoms with Crippen molar-refractivity contribution in [2.45, 2.75) is 24.7 Å². The Hall–Kier alpha value is -2.91. The van der Waals surface area contributed by atoms with Crippen LogP contribution in [0.3, 0.4) is 0 Å². The molecule has 0 bridgehead atoms. The highest BCUT2D eigenvalue weighted by atomic mass is 32.2. The molecule has 0 aliphatic rings. The lowest BCUT2D eigenvalue weighted by Gasteiger charge is -2.24. The van der Waals surface area contributed by atoms with E-state index in [2.05, 4.69) is 0 Å². The molecule has 0 fully saturated rings. The minimum atomic E-state index is -4.03. The first-order valence-electron chi connectivity index (χ1n) is 8.94. The van der Waals surface area contributed by atoms with Crippen molar-refractivity contribution in [1.82, 2.24) is 0 Å². The molecule has 3 rings (SSSR count). The van der Waals surface area contributed by atoms with E-state index in [1.54, 1.807) is 12.1 Å². The number of hydrogen-bond donors (Lipinski definition) is 2. The third kappa shape index (κ3) is 3.96. The van der Waals surface area contributed by atoms with Gasteiger partial charge in [0, 0.05) is 16.6 Å². The fourth-order valence-corrected chi connectivity index (χ4v) is 5.94. The molecule has 0 saturated heterocycles. The standard InChI is InChI=1S/C20H20N2O5S2/c1-2-3-12-22(29(26,27)14-10-8-13(9-11-14)20(24)25)19-17(18(21)23)15-6-4-5-7-16(15)28-19/h4-11H,2-3,12H2,1H3,(H2,21,23)(H,24,25). The highest BCUT2D eigenvalue weighted by Crippen LogP contribution is 2.40. The highest BCUT2D eigenvalue weighted by Gasteiger charge is 2.30. The molecule has 0 aliphatic carbocycles. The molecule has 29 heavy (non-hydrogen) atoms. The molecule has 0 spiro atoms. The molecular weight excluding hydrogens is 412 g/mol. The number of primary amides is 1. The van der Waals surface area contributed by atoms with Crippen molar-refractivity contribution < 1.29 is 23.1 Å². The summed E-state index contributed by atoms with van der Waals surface area (Å²) < 4.78 is 28.8. The third-order valence-electron chi connectivity index (χ3n) is 4.45. The Morgan fingerprint density at radius 2 is 1.76 bits per heavy atom. The number of carboxylic acids is 1. The first-order chi connectivity index (χ1) is 13.8. The Morgan fingerprint density at radius 3 is 2.34 bits per heavy atom. The van der Waals surface area contributed by atoms with Crippen molar-refractivity contribution in [3.8, 4) is 0 Å². The Morgan fingerprint density at radius 1 is 1.10 bits per heavy atom. The normalized spacial score (nSPS) is 11.5. The van der Waals surface area contributed by atoms with Crippen molar-refractivity contribution in [3.05, 3.63) is 59.7 Å². The molecule has 1 amide bonds. The topological polar surface area (TPSA) is 118 Å². The van der Waals surface area contributed by atoms with Crippen molar-refractivity contribution >= 4 is 48.3 Å². The van der Waals surface area contributed by atoms with E-state index in [4.69, 9.17) is 10.8 Å². The molecule has 152 valence electrons. The number of nitrogens with two attached hydrogens (primary N) is 1. The van der Waals surface area contributed by atoms with Crippen molar-refractivity contribution in [2.75, 3.05) is 10.8 Å². The molecule has 3 aromatic rings. The number of hydrogen-bond acceptors (Lipinski definition) is 5. The summed E-state index contributed by atoms with van der Waals surface area (Å²) in [4.78, 5) is 23.2. The maximum absolute atomic E-state index is 13.4. The largest absolute Gasteiger partial charge is 0.478 e. The summed E-state index contributed by atoms with van der Waals surface area (Å²) >= 11 is 1.19. The maximum atomic E-state index is 13.4. The van der Waals surface area contributed by atoms with Gasteiger partial charge >= 0.3 is 5.97 Å². The number of aromatic carboxylic acids is 1. The number of benzene rings is 2. The average molecular weight is 433 g/mol. The van der Waals surface area contributed by atoms with E-state index in [-0.39, 0.29) is 27.6 Å². The zero-order valence-corrected chi connectivity index (χ0v) is 17.3. The lowest BCUT2D eigenvalue weighted by Crippen LogP contribution is -2.33. The highest BCUT2D eigenvalue weighted by molar-refractivity contribution is 7.93. The Labute approximate surface area is 172 Å². The summed E-state index contributed by atoms with van der Waals surface area (Å²) in [5.74, 6) is -1.84. The molecule has 3 N–H and O–H groups in total. The van der Waals surface area contributed by atoms with E-state index in [1.165, 1.54) is 39.9 Å². The number of rotatable bonds is 8. The quantitative estimate of drug-likeness (QED) is 0.563. The number of amides is 1. The number of nitrogens with zero attached hydrogens (tertiary/aromatic N) is 1. The van der Waals surface area contributed by atoms with Gasteiger partial charge in [-0.25, -0.2) is 13.2 Å². The van der Waals surface area contributed by atoms with Gasteiger partial charge in [0.25, 0.3) is 15.9 Å². The minimum absolute atomic E-state index is 0.0104. The summed E-state index contributed by atoms with van der Waals surface area (Å²) in [6.07, 6.45) is 1.33. The smallest absolute Gasteiger partial charge is 0.335 e. The van der Waals surface area contributed by atoms with E-state index in [9.17, 15) is 18.0 Å². The number of thiophene rings is 1. The maximum Gasteiger partial charge on any atom is 0.335 e. The summed E-state index contributed by atoms with van der Waals surface area (Å²) in [6, 6.07) is 12.1. The Bertz CT molecular complexity index is 1170. The molecule has 0 saturated carbocycles. The Balaban J connectivity index is 2.18. The van der Waals surface area contributed by atoms with Crippen molar-refractivity contribution in [2.24, 2.45) is 5.73 Å². The van der Waals surface area contributed by atoms with Crippen LogP contribution in [0.2, 0.25) is 0 Å². The van der Waals surface area contributed by atoms with Crippen molar-refractivity contribution in [3.63, 3.8) is 0 Å². The van der Waals surface area contributed by atoms with Gasteiger partial charge < -0.3 is 10.8 Å². The number of carboxylic acid groups (broad SMARTS) is 1. The van der Waals surface area contributed by atoms with Crippen molar-refractivity contribution in [1.29, 1.82) is 0 Å². The van der Waals surface area contributed by atoms with Crippen LogP contribution in [-0.4, -0.2) is 31.9 Å². The monoisotopic (exact) mass is 432 g/mol. The molecule has 9 heteroatoms. The number of fused-ring (bicyclic) bond motifs is 1. The van der Waals surface area contributed by atoms with Gasteiger partial charge in [0.1, 0.15) is 5.00 Å². The molecule has 0 atom stereocenters. The zero-order chi connectivity index (χ0) is 21.2. The van der Waals surface area contributed by atoms with Crippen LogP contribution in [0.5, 0.6) is 0 Å². The molecule has 0 radical (unpaired) electrons. The lowest BCUT2D eigenvalue weighted by atomic mass is 10.1. The number of carbonyl (C=O) groups is 2. The first-order valence-corrected chi connectivity index (χ1v) is 11.2. The van der Waals surface area contributed by atoms with Crippen LogP contribution in [0.4, 0.5) is 5.00 Å². The van der Waals surface area contributed by atoms with Crippen LogP contribution >= 0.6 is 11.3 Å². The molecule has 0 unspecified atom stereocenters. The van der Waals surface area contributed by atoms with Crippen LogP contribution in [-0.2, 0) is 10.0 Å². The second kappa shape index (κ2) is 8.22. The van der Waals surface area contributed by atoms with Crippen LogP contribution < -0.4 is 10.0 Å². The van der Waals surface area contributed by atoms with E-state index in [1.807, 2.05) is 19.1 Å². The number of unbranched alkanes of at least 4 members (excludes halogenated alkanes) is 1. The van der Waals surface area contributed by atoms with Gasteiger partial charge in [0.2, 0.25) is 0 Å². The summed E-state index contributed by atoms with van der Waals surface area (Å²) in [5.41, 5.74) is 5.77. The Kier molecular flexibility index (Phi) is 5.90. The summed E-state index contributed by atoms with van der Waals surface area (Å²) in [7, 11) is -4.03. The van der Waals surface area contributed by atoms with Gasteiger partial charge in [0.15, 0.2) is 0 Å². The van der Waals surface area contributed by atoms with Crippen LogP contribution in [0.15, 0.2) is 53.4 Å². The minimum Gasteiger partial charge on any atom is -0.478 e. The van der Waals surface area contributed by atoms with Gasteiger partial charge in [-0.1, -0.05) is 31.5 Å². The first kappa shape index (κ1) is 20.8. The van der Waals surface area contributed by atoms with Crippen LogP contribution in [0, 0.1) is 0 Å². The van der Waals surface area contributed by atoms with E-state index >= 15 is 0 Å². The van der Waals surface area contributed by atoms with Gasteiger partial charge in [0.05, 0.1) is 16.0 Å². The second-order valence-corrected chi connectivity index (χ2v) is 9.30. The summed E-state index contributed by atoms with van der Waals surface area (Å²) in [6.45, 7) is 2.11. The molecule has 1 aromatic heterocycles. The number of carbonyl (C=O) groups excluding carboxylic acids is 1. The van der Waals surface area contributed by atoms with E-state index in [0.29, 0.717) is 11.8 Å². The van der Waals surface area contributed by atoms with Crippen LogP contribution in [0.25, 0.3) is 10.1 Å². The molecule has 7 nitrogen and oxygen atoms in total. The predicted octanol–water partition coefficient (Wildman–Crippen LogP) is 3.69. The lowest BCUT2D eigenvalue weighted by molar-refractivity contribution is 0.0696. The predicted molar refractivity (Wildman–Crippen MR) is 113 cm³/mol. The average Bonchev–Trinajstić information content (AvgIpc) is 3.07. The molecule has 2 aromatic carbocycles. The number of anilines is 1. The van der Waals surface area contributed by atoms with Gasteiger partial charge in [-0.3, -0.25) is 9.10 Å². The molecular formula is C20H20N2O5S2. The van der Waals surface area contributed by atoms with Gasteiger partial charge in [-0.2, -0.15) is 0 Å². The molecule has 0 aliphatic heterocycles. The third-order valence-corrected chi connectivity index (χ3v) is 7.58. The van der Waals surface area contributed by atoms with Gasteiger partial charge in [-0.15, -0.1) is 11.3 Å². The van der Waals surface area contributed by atoms with Crippen LogP contribution in [0.1, 0.15) is 40.5 Å². The van der Waals surface area contributed by atoms with E-state index in [0.717, 1.165) is 11.1 Å².